The number of hydrogen-bond donors (Lipinski definition) is 3. The van der Waals surface area contributed by atoms with Gasteiger partial charge in [-0.3, -0.25) is 9.59 Å². The number of hydrogen-bond acceptors (Lipinski definition) is 3. The summed E-state index contributed by atoms with van der Waals surface area (Å²) in [5.41, 5.74) is 0.439. The highest BCUT2D eigenvalue weighted by Crippen LogP contribution is 1.91. The van der Waals surface area contributed by atoms with Crippen molar-refractivity contribution in [3.8, 4) is 0 Å². The Bertz CT molecular complexity index is 384. The maximum absolute atomic E-state index is 11.3. The number of H-pyrrole nitrogens is 1. The molecule has 0 aliphatic carbocycles. The van der Waals surface area contributed by atoms with Crippen molar-refractivity contribution in [1.82, 2.24) is 10.3 Å². The van der Waals surface area contributed by atoms with E-state index >= 15 is 0 Å². The molecular formula is C9H12N2O3. The molecule has 0 atom stereocenters. The summed E-state index contributed by atoms with van der Waals surface area (Å²) in [6.07, 6.45) is 1.37. The second-order valence-electron chi connectivity index (χ2n) is 2.87. The third kappa shape index (κ3) is 2.43. The molecule has 5 heteroatoms. The Balaban J connectivity index is 2.85. The second kappa shape index (κ2) is 4.57. The third-order valence-corrected chi connectivity index (χ3v) is 1.70. The van der Waals surface area contributed by atoms with Crippen molar-refractivity contribution < 1.29 is 9.90 Å². The summed E-state index contributed by atoms with van der Waals surface area (Å²) in [5.74, 6) is -0.472. The Kier molecular flexibility index (Phi) is 3.41. The monoisotopic (exact) mass is 196 g/mol. The average molecular weight is 196 g/mol. The van der Waals surface area contributed by atoms with Gasteiger partial charge < -0.3 is 15.4 Å². The van der Waals surface area contributed by atoms with Crippen LogP contribution in [0.5, 0.6) is 0 Å². The van der Waals surface area contributed by atoms with Crippen LogP contribution in [0.3, 0.4) is 0 Å². The van der Waals surface area contributed by atoms with Crippen LogP contribution in [0.2, 0.25) is 0 Å². The number of amides is 1. The number of nitrogens with one attached hydrogen (secondary N) is 2. The summed E-state index contributed by atoms with van der Waals surface area (Å²) in [6, 6.07) is 1.36. The highest BCUT2D eigenvalue weighted by molar-refractivity contribution is 5.93. The van der Waals surface area contributed by atoms with Gasteiger partial charge in [-0.2, -0.15) is 0 Å². The molecule has 0 spiro atoms. The number of aliphatic hydroxyl groups is 1. The van der Waals surface area contributed by atoms with Crippen LogP contribution >= 0.6 is 0 Å². The number of pyridine rings is 1. The molecule has 0 fully saturated rings. The van der Waals surface area contributed by atoms with Crippen molar-refractivity contribution in [1.29, 1.82) is 0 Å². The lowest BCUT2D eigenvalue weighted by Gasteiger charge is -2.02. The zero-order valence-corrected chi connectivity index (χ0v) is 7.83. The van der Waals surface area contributed by atoms with Crippen LogP contribution < -0.4 is 10.7 Å². The second-order valence-corrected chi connectivity index (χ2v) is 2.87. The molecule has 3 N–H and O–H groups in total. The van der Waals surface area contributed by atoms with Crippen molar-refractivity contribution in [3.05, 3.63) is 33.7 Å². The van der Waals surface area contributed by atoms with E-state index in [1.54, 1.807) is 6.92 Å². The van der Waals surface area contributed by atoms with Gasteiger partial charge in [0, 0.05) is 24.5 Å². The van der Waals surface area contributed by atoms with E-state index in [-0.39, 0.29) is 24.1 Å². The number of aromatic nitrogens is 1. The molecule has 0 saturated heterocycles. The third-order valence-electron chi connectivity index (χ3n) is 1.70. The Hall–Kier alpha value is -1.62. The first kappa shape index (κ1) is 10.5. The lowest BCUT2D eigenvalue weighted by molar-refractivity contribution is 0.0943. The highest BCUT2D eigenvalue weighted by atomic mass is 16.3. The summed E-state index contributed by atoms with van der Waals surface area (Å²) in [7, 11) is 0. The van der Waals surface area contributed by atoms with Crippen LogP contribution in [-0.4, -0.2) is 29.1 Å². The van der Waals surface area contributed by atoms with E-state index in [4.69, 9.17) is 5.11 Å². The fourth-order valence-electron chi connectivity index (χ4n) is 1.02. The van der Waals surface area contributed by atoms with Crippen LogP contribution in [-0.2, 0) is 0 Å². The molecule has 0 bridgehead atoms. The van der Waals surface area contributed by atoms with Gasteiger partial charge in [-0.05, 0) is 6.92 Å². The molecular weight excluding hydrogens is 184 g/mol. The smallest absolute Gasteiger partial charge is 0.256 e. The summed E-state index contributed by atoms with van der Waals surface area (Å²) >= 11 is 0. The van der Waals surface area contributed by atoms with Crippen LogP contribution in [0.15, 0.2) is 17.1 Å². The van der Waals surface area contributed by atoms with Gasteiger partial charge in [0.15, 0.2) is 5.43 Å². The van der Waals surface area contributed by atoms with E-state index in [0.717, 1.165) is 0 Å². The van der Waals surface area contributed by atoms with E-state index < -0.39 is 5.91 Å². The van der Waals surface area contributed by atoms with Gasteiger partial charge >= 0.3 is 0 Å². The molecule has 1 amide bonds. The fraction of sp³-hybridized carbons (Fsp3) is 0.333. The minimum atomic E-state index is -0.472. The van der Waals surface area contributed by atoms with Crippen molar-refractivity contribution >= 4 is 5.91 Å². The van der Waals surface area contributed by atoms with E-state index in [1.165, 1.54) is 12.3 Å². The van der Waals surface area contributed by atoms with E-state index in [1.807, 2.05) is 0 Å². The molecule has 5 nitrogen and oxygen atoms in total. The molecule has 0 aliphatic rings. The Morgan fingerprint density at radius 2 is 2.36 bits per heavy atom. The number of carbonyl (C=O) groups is 1. The summed E-state index contributed by atoms with van der Waals surface area (Å²) in [4.78, 5) is 25.4. The summed E-state index contributed by atoms with van der Waals surface area (Å²) < 4.78 is 0. The molecule has 0 aliphatic heterocycles. The first-order valence-corrected chi connectivity index (χ1v) is 4.23. The number of rotatable bonds is 3. The van der Waals surface area contributed by atoms with Gasteiger partial charge in [0.05, 0.1) is 6.61 Å². The molecule has 0 aromatic carbocycles. The highest BCUT2D eigenvalue weighted by Gasteiger charge is 2.08. The summed E-state index contributed by atoms with van der Waals surface area (Å²) in [6.45, 7) is 1.73. The zero-order valence-electron chi connectivity index (χ0n) is 7.83. The number of aliphatic hydroxyl groups excluding tert-OH is 1. The van der Waals surface area contributed by atoms with Gasteiger partial charge in [-0.1, -0.05) is 0 Å². The maximum atomic E-state index is 11.3. The molecule has 0 saturated carbocycles. The van der Waals surface area contributed by atoms with Crippen molar-refractivity contribution in [2.24, 2.45) is 0 Å². The van der Waals surface area contributed by atoms with E-state index in [9.17, 15) is 9.59 Å². The Morgan fingerprint density at radius 1 is 1.64 bits per heavy atom. The first-order valence-electron chi connectivity index (χ1n) is 4.23. The molecule has 1 aromatic heterocycles. The molecule has 76 valence electrons. The van der Waals surface area contributed by atoms with Crippen molar-refractivity contribution in [3.63, 3.8) is 0 Å². The quantitative estimate of drug-likeness (QED) is 0.604. The molecule has 1 heterocycles. The predicted octanol–water partition coefficient (Wildman–Crippen LogP) is -0.595. The fourth-order valence-corrected chi connectivity index (χ4v) is 1.02. The van der Waals surface area contributed by atoms with Gasteiger partial charge in [0.1, 0.15) is 5.56 Å². The van der Waals surface area contributed by atoms with Gasteiger partial charge in [0.2, 0.25) is 0 Å². The SMILES string of the molecule is Cc1cc(=O)c(C(=O)NCCO)c[nH]1. The van der Waals surface area contributed by atoms with Gasteiger partial charge in [-0.25, -0.2) is 0 Å². The summed E-state index contributed by atoms with van der Waals surface area (Å²) in [5, 5.41) is 10.9. The molecule has 1 rings (SSSR count). The van der Waals surface area contributed by atoms with Gasteiger partial charge in [0.25, 0.3) is 5.91 Å². The molecule has 14 heavy (non-hydrogen) atoms. The topological polar surface area (TPSA) is 82.2 Å². The first-order chi connectivity index (χ1) is 6.65. The minimum absolute atomic E-state index is 0.0593. The molecule has 1 aromatic rings. The van der Waals surface area contributed by atoms with Crippen LogP contribution in [0, 0.1) is 6.92 Å². The standard InChI is InChI=1S/C9H12N2O3/c1-6-4-8(13)7(5-11-6)9(14)10-2-3-12/h4-5,12H,2-3H2,1H3,(H,10,14)(H,11,13). The van der Waals surface area contributed by atoms with Crippen molar-refractivity contribution in [2.45, 2.75) is 6.92 Å². The zero-order chi connectivity index (χ0) is 10.6. The van der Waals surface area contributed by atoms with Crippen molar-refractivity contribution in [2.75, 3.05) is 13.2 Å². The number of aromatic amines is 1. The predicted molar refractivity (Wildman–Crippen MR) is 51.2 cm³/mol. The lowest BCUT2D eigenvalue weighted by Crippen LogP contribution is -2.30. The van der Waals surface area contributed by atoms with Crippen LogP contribution in [0.25, 0.3) is 0 Å². The largest absolute Gasteiger partial charge is 0.395 e. The number of aryl methyl sites for hydroxylation is 1. The minimum Gasteiger partial charge on any atom is -0.395 e. The average Bonchev–Trinajstić information content (AvgIpc) is 2.14. The van der Waals surface area contributed by atoms with E-state index in [2.05, 4.69) is 10.3 Å². The Labute approximate surface area is 80.8 Å². The number of carbonyl (C=O) groups excluding carboxylic acids is 1. The molecule has 0 unspecified atom stereocenters. The van der Waals surface area contributed by atoms with E-state index in [0.29, 0.717) is 5.69 Å². The van der Waals surface area contributed by atoms with Crippen LogP contribution in [0.1, 0.15) is 16.1 Å². The van der Waals surface area contributed by atoms with Gasteiger partial charge in [-0.15, -0.1) is 0 Å². The Morgan fingerprint density at radius 3 is 2.93 bits per heavy atom. The lowest BCUT2D eigenvalue weighted by atomic mass is 10.2. The maximum Gasteiger partial charge on any atom is 0.256 e. The van der Waals surface area contributed by atoms with Crippen LogP contribution in [0.4, 0.5) is 0 Å². The normalized spacial score (nSPS) is 9.86. The molecule has 0 radical (unpaired) electrons.